The highest BCUT2D eigenvalue weighted by molar-refractivity contribution is 7.99. The zero-order valence-corrected chi connectivity index (χ0v) is 9.96. The van der Waals surface area contributed by atoms with Crippen molar-refractivity contribution in [2.24, 2.45) is 0 Å². The van der Waals surface area contributed by atoms with E-state index in [-0.39, 0.29) is 0 Å². The molecule has 0 saturated heterocycles. The third kappa shape index (κ3) is 2.65. The van der Waals surface area contributed by atoms with Crippen molar-refractivity contribution in [1.82, 2.24) is 10.2 Å². The highest BCUT2D eigenvalue weighted by Gasteiger charge is 2.07. The van der Waals surface area contributed by atoms with Crippen molar-refractivity contribution < 1.29 is 4.42 Å². The van der Waals surface area contributed by atoms with Crippen LogP contribution in [0.5, 0.6) is 0 Å². The van der Waals surface area contributed by atoms with Crippen molar-refractivity contribution in [3.8, 4) is 11.5 Å². The zero-order chi connectivity index (χ0) is 11.4. The fourth-order valence-corrected chi connectivity index (χ4v) is 1.73. The van der Waals surface area contributed by atoms with E-state index in [1.165, 1.54) is 11.8 Å². The molecule has 0 radical (unpaired) electrons. The van der Waals surface area contributed by atoms with Crippen molar-refractivity contribution >= 4 is 23.4 Å². The number of nitrogens with zero attached hydrogens (tertiary/aromatic N) is 2. The van der Waals surface area contributed by atoms with Gasteiger partial charge >= 0.3 is 0 Å². The third-order valence-electron chi connectivity index (χ3n) is 1.82. The van der Waals surface area contributed by atoms with E-state index >= 15 is 0 Å². The molecule has 82 valence electrons. The Bertz CT molecular complexity index is 481. The molecule has 0 aliphatic rings. The zero-order valence-electron chi connectivity index (χ0n) is 8.39. The minimum absolute atomic E-state index is 0.503. The van der Waals surface area contributed by atoms with Gasteiger partial charge in [-0.25, -0.2) is 0 Å². The van der Waals surface area contributed by atoms with Gasteiger partial charge in [0.05, 0.1) is 0 Å². The number of thioether (sulfide) groups is 1. The van der Waals surface area contributed by atoms with Crippen LogP contribution in [0.3, 0.4) is 0 Å². The Morgan fingerprint density at radius 3 is 2.75 bits per heavy atom. The van der Waals surface area contributed by atoms with E-state index in [0.29, 0.717) is 16.1 Å². The minimum Gasteiger partial charge on any atom is -0.411 e. The lowest BCUT2D eigenvalue weighted by molar-refractivity contribution is 0.466. The first-order chi connectivity index (χ1) is 7.79. The smallest absolute Gasteiger partial charge is 0.277 e. The first-order valence-corrected chi connectivity index (χ1v) is 5.99. The molecule has 16 heavy (non-hydrogen) atoms. The van der Waals surface area contributed by atoms with E-state index in [9.17, 15) is 0 Å². The second kappa shape index (κ2) is 5.18. The Morgan fingerprint density at radius 1 is 1.31 bits per heavy atom. The number of rotatable bonds is 4. The van der Waals surface area contributed by atoms with Crippen LogP contribution in [-0.2, 0) is 0 Å². The Labute approximate surface area is 103 Å². The third-order valence-corrected chi connectivity index (χ3v) is 2.89. The minimum atomic E-state index is 0.503. The summed E-state index contributed by atoms with van der Waals surface area (Å²) in [5.41, 5.74) is 0.863. The molecule has 1 aromatic carbocycles. The SMILES string of the molecule is C=CCSc1nnc(-c2ccc(Cl)cc2)o1. The van der Waals surface area contributed by atoms with E-state index in [0.717, 1.165) is 11.3 Å². The molecule has 0 unspecified atom stereocenters. The summed E-state index contributed by atoms with van der Waals surface area (Å²) in [5.74, 6) is 1.26. The summed E-state index contributed by atoms with van der Waals surface area (Å²) in [6, 6.07) is 7.27. The van der Waals surface area contributed by atoms with Crippen molar-refractivity contribution in [1.29, 1.82) is 0 Å². The van der Waals surface area contributed by atoms with Crippen LogP contribution in [0.2, 0.25) is 5.02 Å². The molecule has 2 rings (SSSR count). The Kier molecular flexibility index (Phi) is 3.64. The number of hydrogen-bond acceptors (Lipinski definition) is 4. The lowest BCUT2D eigenvalue weighted by Gasteiger charge is -1.93. The molecule has 0 aliphatic carbocycles. The monoisotopic (exact) mass is 252 g/mol. The first-order valence-electron chi connectivity index (χ1n) is 4.63. The lowest BCUT2D eigenvalue weighted by atomic mass is 10.2. The van der Waals surface area contributed by atoms with Crippen LogP contribution in [-0.4, -0.2) is 16.0 Å². The van der Waals surface area contributed by atoms with E-state index in [1.54, 1.807) is 18.2 Å². The van der Waals surface area contributed by atoms with Gasteiger partial charge in [-0.1, -0.05) is 29.4 Å². The maximum Gasteiger partial charge on any atom is 0.277 e. The second-order valence-corrected chi connectivity index (χ2v) is 4.39. The topological polar surface area (TPSA) is 38.9 Å². The number of aromatic nitrogens is 2. The van der Waals surface area contributed by atoms with Gasteiger partial charge in [0.25, 0.3) is 5.22 Å². The van der Waals surface area contributed by atoms with Crippen LogP contribution in [0, 0.1) is 0 Å². The van der Waals surface area contributed by atoms with Gasteiger partial charge in [-0.05, 0) is 24.3 Å². The molecule has 0 atom stereocenters. The molecule has 0 fully saturated rings. The molecule has 0 aliphatic heterocycles. The Balaban J connectivity index is 2.17. The first kappa shape index (κ1) is 11.2. The Hall–Kier alpha value is -1.26. The molecule has 2 aromatic rings. The quantitative estimate of drug-likeness (QED) is 0.615. The van der Waals surface area contributed by atoms with Crippen LogP contribution in [0.1, 0.15) is 0 Å². The second-order valence-electron chi connectivity index (χ2n) is 2.98. The molecular formula is C11H9ClN2OS. The number of hydrogen-bond donors (Lipinski definition) is 0. The van der Waals surface area contributed by atoms with Crippen LogP contribution in [0.25, 0.3) is 11.5 Å². The summed E-state index contributed by atoms with van der Waals surface area (Å²) in [4.78, 5) is 0. The fraction of sp³-hybridized carbons (Fsp3) is 0.0909. The van der Waals surface area contributed by atoms with Crippen LogP contribution in [0.4, 0.5) is 0 Å². The predicted octanol–water partition coefficient (Wildman–Crippen LogP) is 3.67. The molecule has 5 heteroatoms. The fourth-order valence-electron chi connectivity index (χ4n) is 1.11. The van der Waals surface area contributed by atoms with E-state index in [4.69, 9.17) is 16.0 Å². The molecule has 0 bridgehead atoms. The number of halogens is 1. The molecule has 0 amide bonds. The highest BCUT2D eigenvalue weighted by atomic mass is 35.5. The maximum absolute atomic E-state index is 5.79. The average molecular weight is 253 g/mol. The van der Waals surface area contributed by atoms with Gasteiger partial charge in [-0.15, -0.1) is 16.8 Å². The van der Waals surface area contributed by atoms with Crippen molar-refractivity contribution in [2.75, 3.05) is 5.75 Å². The van der Waals surface area contributed by atoms with Gasteiger partial charge < -0.3 is 4.42 Å². The van der Waals surface area contributed by atoms with Crippen molar-refractivity contribution in [3.05, 3.63) is 41.9 Å². The van der Waals surface area contributed by atoms with Crippen LogP contribution in [0.15, 0.2) is 46.6 Å². The van der Waals surface area contributed by atoms with Gasteiger partial charge in [0, 0.05) is 16.3 Å². The van der Waals surface area contributed by atoms with Crippen LogP contribution < -0.4 is 0 Å². The standard InChI is InChI=1S/C11H9ClN2OS/c1-2-7-16-11-14-13-10(15-11)8-3-5-9(12)6-4-8/h2-6H,1,7H2. The molecule has 0 spiro atoms. The predicted molar refractivity (Wildman–Crippen MR) is 65.7 cm³/mol. The molecule has 3 nitrogen and oxygen atoms in total. The molecule has 0 N–H and O–H groups in total. The van der Waals surface area contributed by atoms with Crippen molar-refractivity contribution in [2.45, 2.75) is 5.22 Å². The Morgan fingerprint density at radius 2 is 2.06 bits per heavy atom. The summed E-state index contributed by atoms with van der Waals surface area (Å²) in [5, 5.41) is 9.10. The lowest BCUT2D eigenvalue weighted by Crippen LogP contribution is -1.76. The molecular weight excluding hydrogens is 244 g/mol. The summed E-state index contributed by atoms with van der Waals surface area (Å²) in [7, 11) is 0. The molecule has 1 heterocycles. The summed E-state index contributed by atoms with van der Waals surface area (Å²) < 4.78 is 5.46. The molecule has 1 aromatic heterocycles. The highest BCUT2D eigenvalue weighted by Crippen LogP contribution is 2.24. The van der Waals surface area contributed by atoms with E-state index in [1.807, 2.05) is 12.1 Å². The van der Waals surface area contributed by atoms with Gasteiger partial charge in [0.1, 0.15) is 0 Å². The largest absolute Gasteiger partial charge is 0.411 e. The van der Waals surface area contributed by atoms with Gasteiger partial charge in [0.2, 0.25) is 5.89 Å². The van der Waals surface area contributed by atoms with Gasteiger partial charge in [0.15, 0.2) is 0 Å². The van der Waals surface area contributed by atoms with Gasteiger partial charge in [-0.3, -0.25) is 0 Å². The van der Waals surface area contributed by atoms with Crippen molar-refractivity contribution in [3.63, 3.8) is 0 Å². The summed E-state index contributed by atoms with van der Waals surface area (Å²) in [6.07, 6.45) is 1.79. The number of benzene rings is 1. The molecule has 0 saturated carbocycles. The van der Waals surface area contributed by atoms with E-state index in [2.05, 4.69) is 16.8 Å². The summed E-state index contributed by atoms with van der Waals surface area (Å²) >= 11 is 7.25. The van der Waals surface area contributed by atoms with Gasteiger partial charge in [-0.2, -0.15) is 0 Å². The normalized spacial score (nSPS) is 10.3. The average Bonchev–Trinajstić information content (AvgIpc) is 2.76. The summed E-state index contributed by atoms with van der Waals surface area (Å²) in [6.45, 7) is 3.63. The van der Waals surface area contributed by atoms with Crippen LogP contribution >= 0.6 is 23.4 Å². The van der Waals surface area contributed by atoms with E-state index < -0.39 is 0 Å². The maximum atomic E-state index is 5.79.